The van der Waals surface area contributed by atoms with Crippen molar-refractivity contribution in [3.8, 4) is 0 Å². The van der Waals surface area contributed by atoms with Crippen molar-refractivity contribution in [2.45, 2.75) is 32.2 Å². The number of pyridine rings is 1. The van der Waals surface area contributed by atoms with Gasteiger partial charge in [-0.3, -0.25) is 4.79 Å². The van der Waals surface area contributed by atoms with Gasteiger partial charge >= 0.3 is 0 Å². The highest BCUT2D eigenvalue weighted by Gasteiger charge is 2.26. The van der Waals surface area contributed by atoms with E-state index in [1.54, 1.807) is 6.20 Å². The average molecular weight is 312 g/mol. The average Bonchev–Trinajstić information content (AvgIpc) is 2.41. The van der Waals surface area contributed by atoms with E-state index in [1.807, 2.05) is 12.1 Å². The minimum atomic E-state index is -0.0872. The van der Waals surface area contributed by atoms with Crippen LogP contribution in [0.1, 0.15) is 26.2 Å². The molecule has 5 heteroatoms. The van der Waals surface area contributed by atoms with Crippen molar-refractivity contribution in [1.82, 2.24) is 10.3 Å². The molecule has 1 amide bonds. The number of amides is 1. The summed E-state index contributed by atoms with van der Waals surface area (Å²) in [6.07, 6.45) is 4.91. The fraction of sp³-hybridized carbons (Fsp3) is 0.538. The number of aromatic nitrogens is 1. The molecule has 1 fully saturated rings. The van der Waals surface area contributed by atoms with Gasteiger partial charge in [0.15, 0.2) is 0 Å². The molecule has 1 saturated heterocycles. The molecule has 2 heterocycles. The first-order valence-electron chi connectivity index (χ1n) is 6.35. The molecule has 2 N–H and O–H groups in total. The maximum absolute atomic E-state index is 12.2. The lowest BCUT2D eigenvalue weighted by atomic mass is 9.90. The largest absolute Gasteiger partial charge is 0.322 e. The SMILES string of the molecule is CCC1CCNC(C(=O)Nc2cccnc2Br)C1. The van der Waals surface area contributed by atoms with Crippen molar-refractivity contribution in [3.05, 3.63) is 22.9 Å². The normalized spacial score (nSPS) is 23.7. The van der Waals surface area contributed by atoms with E-state index in [2.05, 4.69) is 38.5 Å². The van der Waals surface area contributed by atoms with Crippen LogP contribution in [0.2, 0.25) is 0 Å². The molecule has 0 aromatic carbocycles. The predicted molar refractivity (Wildman–Crippen MR) is 75.4 cm³/mol. The van der Waals surface area contributed by atoms with E-state index >= 15 is 0 Å². The molecule has 2 rings (SSSR count). The van der Waals surface area contributed by atoms with E-state index < -0.39 is 0 Å². The van der Waals surface area contributed by atoms with E-state index in [0.29, 0.717) is 10.5 Å². The van der Waals surface area contributed by atoms with Crippen LogP contribution in [0.5, 0.6) is 0 Å². The summed E-state index contributed by atoms with van der Waals surface area (Å²) in [5.41, 5.74) is 0.725. The third kappa shape index (κ3) is 3.29. The van der Waals surface area contributed by atoms with Gasteiger partial charge in [-0.05, 0) is 53.4 Å². The summed E-state index contributed by atoms with van der Waals surface area (Å²) in [7, 11) is 0. The summed E-state index contributed by atoms with van der Waals surface area (Å²) in [5, 5.41) is 6.19. The molecule has 18 heavy (non-hydrogen) atoms. The lowest BCUT2D eigenvalue weighted by Gasteiger charge is -2.28. The van der Waals surface area contributed by atoms with Gasteiger partial charge < -0.3 is 10.6 Å². The van der Waals surface area contributed by atoms with Crippen LogP contribution >= 0.6 is 15.9 Å². The Balaban J connectivity index is 1.97. The maximum Gasteiger partial charge on any atom is 0.241 e. The number of piperidine rings is 1. The molecule has 1 aliphatic heterocycles. The zero-order chi connectivity index (χ0) is 13.0. The number of hydrogen-bond acceptors (Lipinski definition) is 3. The highest BCUT2D eigenvalue weighted by molar-refractivity contribution is 9.10. The molecule has 0 aliphatic carbocycles. The fourth-order valence-electron chi connectivity index (χ4n) is 2.27. The molecule has 4 nitrogen and oxygen atoms in total. The summed E-state index contributed by atoms with van der Waals surface area (Å²) in [4.78, 5) is 16.2. The Kier molecular flexibility index (Phi) is 4.72. The molecular weight excluding hydrogens is 294 g/mol. The molecule has 1 aliphatic rings. The van der Waals surface area contributed by atoms with Crippen LogP contribution < -0.4 is 10.6 Å². The first-order chi connectivity index (χ1) is 8.70. The molecule has 0 saturated carbocycles. The summed E-state index contributed by atoms with van der Waals surface area (Å²) in [6.45, 7) is 3.10. The minimum absolute atomic E-state index is 0.0295. The predicted octanol–water partition coefficient (Wildman–Crippen LogP) is 2.56. The van der Waals surface area contributed by atoms with Crippen LogP contribution in [0.15, 0.2) is 22.9 Å². The first-order valence-corrected chi connectivity index (χ1v) is 7.14. The Labute approximate surface area is 116 Å². The van der Waals surface area contributed by atoms with Gasteiger partial charge in [0.2, 0.25) is 5.91 Å². The van der Waals surface area contributed by atoms with E-state index in [4.69, 9.17) is 0 Å². The van der Waals surface area contributed by atoms with Crippen molar-refractivity contribution in [2.75, 3.05) is 11.9 Å². The fourth-order valence-corrected chi connectivity index (χ4v) is 2.62. The highest BCUT2D eigenvalue weighted by Crippen LogP contribution is 2.22. The Bertz CT molecular complexity index is 424. The third-order valence-electron chi connectivity index (χ3n) is 3.42. The summed E-state index contributed by atoms with van der Waals surface area (Å²) < 4.78 is 0.668. The Hall–Kier alpha value is -0.940. The van der Waals surface area contributed by atoms with E-state index in [9.17, 15) is 4.79 Å². The number of halogens is 1. The maximum atomic E-state index is 12.2. The second-order valence-corrected chi connectivity index (χ2v) is 5.39. The number of nitrogens with one attached hydrogen (secondary N) is 2. The molecule has 0 spiro atoms. The number of anilines is 1. The Morgan fingerprint density at radius 1 is 1.67 bits per heavy atom. The molecule has 98 valence electrons. The monoisotopic (exact) mass is 311 g/mol. The second kappa shape index (κ2) is 6.29. The van der Waals surface area contributed by atoms with Crippen molar-refractivity contribution < 1.29 is 4.79 Å². The van der Waals surface area contributed by atoms with Gasteiger partial charge in [-0.25, -0.2) is 4.98 Å². The van der Waals surface area contributed by atoms with Crippen LogP contribution in [0, 0.1) is 5.92 Å². The van der Waals surface area contributed by atoms with Gasteiger partial charge in [-0.15, -0.1) is 0 Å². The molecule has 2 atom stereocenters. The standard InChI is InChI=1S/C13H18BrN3O/c1-2-9-5-7-15-11(8-9)13(18)17-10-4-3-6-16-12(10)14/h3-4,6,9,11,15H,2,5,7-8H2,1H3,(H,17,18). The topological polar surface area (TPSA) is 54.0 Å². The Morgan fingerprint density at radius 2 is 2.50 bits per heavy atom. The summed E-state index contributed by atoms with van der Waals surface area (Å²) in [6, 6.07) is 3.56. The smallest absolute Gasteiger partial charge is 0.241 e. The number of carbonyl (C=O) groups excluding carboxylic acids is 1. The van der Waals surface area contributed by atoms with Crippen molar-refractivity contribution in [1.29, 1.82) is 0 Å². The van der Waals surface area contributed by atoms with Crippen LogP contribution in [0.25, 0.3) is 0 Å². The highest BCUT2D eigenvalue weighted by atomic mass is 79.9. The van der Waals surface area contributed by atoms with Crippen molar-refractivity contribution >= 4 is 27.5 Å². The zero-order valence-corrected chi connectivity index (χ0v) is 12.0. The van der Waals surface area contributed by atoms with Crippen molar-refractivity contribution in [3.63, 3.8) is 0 Å². The van der Waals surface area contributed by atoms with Gasteiger partial charge in [0.05, 0.1) is 11.7 Å². The van der Waals surface area contributed by atoms with Crippen LogP contribution in [-0.4, -0.2) is 23.5 Å². The van der Waals surface area contributed by atoms with Gasteiger partial charge in [0, 0.05) is 6.20 Å². The van der Waals surface area contributed by atoms with Crippen LogP contribution in [0.3, 0.4) is 0 Å². The zero-order valence-electron chi connectivity index (χ0n) is 10.4. The first kappa shape index (κ1) is 13.5. The Morgan fingerprint density at radius 3 is 3.22 bits per heavy atom. The van der Waals surface area contributed by atoms with Gasteiger partial charge in [-0.1, -0.05) is 13.3 Å². The number of nitrogens with zero attached hydrogens (tertiary/aromatic N) is 1. The molecule has 0 radical (unpaired) electrons. The lowest BCUT2D eigenvalue weighted by Crippen LogP contribution is -2.46. The second-order valence-electron chi connectivity index (χ2n) is 4.64. The molecule has 2 unspecified atom stereocenters. The van der Waals surface area contributed by atoms with E-state index in [1.165, 1.54) is 0 Å². The van der Waals surface area contributed by atoms with E-state index in [-0.39, 0.29) is 11.9 Å². The quantitative estimate of drug-likeness (QED) is 0.844. The van der Waals surface area contributed by atoms with Gasteiger partial charge in [0.25, 0.3) is 0 Å². The molecule has 0 bridgehead atoms. The lowest BCUT2D eigenvalue weighted by molar-refractivity contribution is -0.119. The van der Waals surface area contributed by atoms with Crippen molar-refractivity contribution in [2.24, 2.45) is 5.92 Å². The number of hydrogen-bond donors (Lipinski definition) is 2. The summed E-state index contributed by atoms with van der Waals surface area (Å²) >= 11 is 3.33. The minimum Gasteiger partial charge on any atom is -0.322 e. The van der Waals surface area contributed by atoms with Gasteiger partial charge in [0.1, 0.15) is 4.60 Å². The third-order valence-corrected chi connectivity index (χ3v) is 4.06. The molecular formula is C13H18BrN3O. The van der Waals surface area contributed by atoms with Crippen LogP contribution in [-0.2, 0) is 4.79 Å². The van der Waals surface area contributed by atoms with E-state index in [0.717, 1.165) is 31.5 Å². The van der Waals surface area contributed by atoms with Gasteiger partial charge in [-0.2, -0.15) is 0 Å². The molecule has 1 aromatic heterocycles. The molecule has 1 aromatic rings. The summed E-state index contributed by atoms with van der Waals surface area (Å²) in [5.74, 6) is 0.682. The number of rotatable bonds is 3. The number of carbonyl (C=O) groups is 1. The van der Waals surface area contributed by atoms with Crippen LogP contribution in [0.4, 0.5) is 5.69 Å².